The van der Waals surface area contributed by atoms with Crippen molar-refractivity contribution in [3.05, 3.63) is 29.8 Å². The summed E-state index contributed by atoms with van der Waals surface area (Å²) in [5, 5.41) is 0. The van der Waals surface area contributed by atoms with Crippen LogP contribution < -0.4 is 10.5 Å². The molecule has 17 heavy (non-hydrogen) atoms. The number of hydrogen-bond acceptors (Lipinski definition) is 3. The average Bonchev–Trinajstić information content (AvgIpc) is 2.67. The van der Waals surface area contributed by atoms with E-state index in [-0.39, 0.29) is 12.4 Å². The van der Waals surface area contributed by atoms with Gasteiger partial charge in [-0.15, -0.1) is 12.4 Å². The van der Waals surface area contributed by atoms with E-state index >= 15 is 0 Å². The third kappa shape index (κ3) is 3.87. The predicted octanol–water partition coefficient (Wildman–Crippen LogP) is 2.04. The minimum absolute atomic E-state index is 0. The van der Waals surface area contributed by atoms with Crippen LogP contribution in [0.4, 0.5) is 0 Å². The van der Waals surface area contributed by atoms with E-state index in [1.807, 2.05) is 19.1 Å². The second kappa shape index (κ2) is 6.84. The average molecular weight is 257 g/mol. The number of halogens is 1. The van der Waals surface area contributed by atoms with Crippen molar-refractivity contribution in [2.24, 2.45) is 5.73 Å². The number of nitrogens with two attached hydrogens (primary N) is 1. The number of hydrogen-bond donors (Lipinski definition) is 1. The normalized spacial score (nSPS) is 20.0. The Bertz CT molecular complexity index is 346. The molecule has 1 saturated heterocycles. The predicted molar refractivity (Wildman–Crippen MR) is 72.7 cm³/mol. The maximum Gasteiger partial charge on any atom is 0.123 e. The molecule has 2 N–H and O–H groups in total. The van der Waals surface area contributed by atoms with Crippen LogP contribution in [0.5, 0.6) is 5.75 Å². The monoisotopic (exact) mass is 256 g/mol. The Morgan fingerprint density at radius 3 is 2.82 bits per heavy atom. The molecule has 0 aliphatic carbocycles. The van der Waals surface area contributed by atoms with Crippen LogP contribution in [-0.2, 0) is 6.54 Å². The molecule has 0 saturated carbocycles. The smallest absolute Gasteiger partial charge is 0.123 e. The number of para-hydroxylation sites is 1. The first-order valence-electron chi connectivity index (χ1n) is 5.98. The minimum Gasteiger partial charge on any atom is -0.494 e. The lowest BCUT2D eigenvalue weighted by atomic mass is 10.2. The fourth-order valence-corrected chi connectivity index (χ4v) is 2.18. The molecule has 4 heteroatoms. The first kappa shape index (κ1) is 14.3. The largest absolute Gasteiger partial charge is 0.494 e. The summed E-state index contributed by atoms with van der Waals surface area (Å²) in [6.07, 6.45) is 1.11. The molecule has 96 valence electrons. The Hall–Kier alpha value is -0.770. The molecule has 1 fully saturated rings. The molecule has 1 aliphatic rings. The van der Waals surface area contributed by atoms with Crippen molar-refractivity contribution in [1.29, 1.82) is 0 Å². The second-order valence-corrected chi connectivity index (χ2v) is 4.32. The van der Waals surface area contributed by atoms with Crippen molar-refractivity contribution < 1.29 is 4.74 Å². The van der Waals surface area contributed by atoms with Gasteiger partial charge in [-0.05, 0) is 19.4 Å². The van der Waals surface area contributed by atoms with E-state index in [0.29, 0.717) is 6.04 Å². The molecule has 3 nitrogen and oxygen atoms in total. The lowest BCUT2D eigenvalue weighted by Gasteiger charge is -2.17. The fourth-order valence-electron chi connectivity index (χ4n) is 2.18. The first-order valence-corrected chi connectivity index (χ1v) is 5.98. The summed E-state index contributed by atoms with van der Waals surface area (Å²) < 4.78 is 5.62. The van der Waals surface area contributed by atoms with Crippen LogP contribution in [0.2, 0.25) is 0 Å². The number of likely N-dealkylation sites (tertiary alicyclic amines) is 1. The van der Waals surface area contributed by atoms with Crippen LogP contribution in [0.15, 0.2) is 24.3 Å². The van der Waals surface area contributed by atoms with Gasteiger partial charge in [0.15, 0.2) is 0 Å². The zero-order valence-corrected chi connectivity index (χ0v) is 11.1. The summed E-state index contributed by atoms with van der Waals surface area (Å²) in [7, 11) is 0. The third-order valence-corrected chi connectivity index (χ3v) is 2.98. The summed E-state index contributed by atoms with van der Waals surface area (Å²) in [6, 6.07) is 8.60. The van der Waals surface area contributed by atoms with E-state index in [1.165, 1.54) is 5.56 Å². The van der Waals surface area contributed by atoms with Gasteiger partial charge in [0.05, 0.1) is 6.61 Å². The van der Waals surface area contributed by atoms with E-state index in [1.54, 1.807) is 0 Å². The zero-order valence-electron chi connectivity index (χ0n) is 10.3. The standard InChI is InChI=1S/C13H20N2O.ClH/c1-2-16-13-6-4-3-5-11(13)9-15-8-7-12(14)10-15;/h3-6,12H,2,7-10,14H2,1H3;1H. The quantitative estimate of drug-likeness (QED) is 0.896. The highest BCUT2D eigenvalue weighted by atomic mass is 35.5. The molecule has 0 amide bonds. The van der Waals surface area contributed by atoms with Gasteiger partial charge in [-0.25, -0.2) is 0 Å². The Morgan fingerprint density at radius 2 is 2.18 bits per heavy atom. The Labute approximate surface area is 109 Å². The van der Waals surface area contributed by atoms with Gasteiger partial charge in [0.2, 0.25) is 0 Å². The highest BCUT2D eigenvalue weighted by Gasteiger charge is 2.19. The lowest BCUT2D eigenvalue weighted by molar-refractivity contribution is 0.302. The molecule has 1 aromatic carbocycles. The molecular weight excluding hydrogens is 236 g/mol. The molecular formula is C13H21ClN2O. The molecule has 0 spiro atoms. The summed E-state index contributed by atoms with van der Waals surface area (Å²) >= 11 is 0. The Morgan fingerprint density at radius 1 is 1.41 bits per heavy atom. The van der Waals surface area contributed by atoms with Crippen LogP contribution in [0, 0.1) is 0 Å². The summed E-state index contributed by atoms with van der Waals surface area (Å²) in [6.45, 7) is 5.78. The maximum atomic E-state index is 5.90. The van der Waals surface area contributed by atoms with E-state index < -0.39 is 0 Å². The lowest BCUT2D eigenvalue weighted by Crippen LogP contribution is -2.26. The second-order valence-electron chi connectivity index (χ2n) is 4.32. The molecule has 0 aromatic heterocycles. The van der Waals surface area contributed by atoms with Crippen LogP contribution in [-0.4, -0.2) is 30.6 Å². The zero-order chi connectivity index (χ0) is 11.4. The van der Waals surface area contributed by atoms with Gasteiger partial charge in [0, 0.05) is 31.2 Å². The third-order valence-electron chi connectivity index (χ3n) is 2.98. The van der Waals surface area contributed by atoms with Crippen molar-refractivity contribution >= 4 is 12.4 Å². The van der Waals surface area contributed by atoms with Crippen molar-refractivity contribution in [2.45, 2.75) is 25.9 Å². The van der Waals surface area contributed by atoms with Gasteiger partial charge in [0.25, 0.3) is 0 Å². The molecule has 1 aromatic rings. The number of rotatable bonds is 4. The highest BCUT2D eigenvalue weighted by molar-refractivity contribution is 5.85. The molecule has 0 radical (unpaired) electrons. The molecule has 1 unspecified atom stereocenters. The van der Waals surface area contributed by atoms with Crippen molar-refractivity contribution in [1.82, 2.24) is 4.90 Å². The van der Waals surface area contributed by atoms with Gasteiger partial charge in [-0.1, -0.05) is 18.2 Å². The van der Waals surface area contributed by atoms with Crippen molar-refractivity contribution in [2.75, 3.05) is 19.7 Å². The van der Waals surface area contributed by atoms with Crippen LogP contribution in [0.25, 0.3) is 0 Å². The molecule has 1 heterocycles. The van der Waals surface area contributed by atoms with Crippen molar-refractivity contribution in [3.8, 4) is 5.75 Å². The molecule has 2 rings (SSSR count). The first-order chi connectivity index (χ1) is 7.79. The van der Waals surface area contributed by atoms with Gasteiger partial charge in [0.1, 0.15) is 5.75 Å². The molecule has 0 bridgehead atoms. The van der Waals surface area contributed by atoms with Crippen LogP contribution in [0.1, 0.15) is 18.9 Å². The molecule has 1 atom stereocenters. The Balaban J connectivity index is 0.00000144. The number of benzene rings is 1. The van der Waals surface area contributed by atoms with Gasteiger partial charge in [-0.3, -0.25) is 4.90 Å². The summed E-state index contributed by atoms with van der Waals surface area (Å²) in [5.74, 6) is 1.01. The van der Waals surface area contributed by atoms with Gasteiger partial charge < -0.3 is 10.5 Å². The highest BCUT2D eigenvalue weighted by Crippen LogP contribution is 2.21. The topological polar surface area (TPSA) is 38.5 Å². The van der Waals surface area contributed by atoms with E-state index in [9.17, 15) is 0 Å². The van der Waals surface area contributed by atoms with Crippen molar-refractivity contribution in [3.63, 3.8) is 0 Å². The number of ether oxygens (including phenoxy) is 1. The maximum absolute atomic E-state index is 5.90. The number of nitrogens with zero attached hydrogens (tertiary/aromatic N) is 1. The van der Waals surface area contributed by atoms with Gasteiger partial charge >= 0.3 is 0 Å². The van der Waals surface area contributed by atoms with E-state index in [4.69, 9.17) is 10.5 Å². The summed E-state index contributed by atoms with van der Waals surface area (Å²) in [4.78, 5) is 2.39. The summed E-state index contributed by atoms with van der Waals surface area (Å²) in [5.41, 5.74) is 7.17. The van der Waals surface area contributed by atoms with Crippen LogP contribution in [0.3, 0.4) is 0 Å². The molecule has 1 aliphatic heterocycles. The Kier molecular flexibility index (Phi) is 5.75. The van der Waals surface area contributed by atoms with E-state index in [2.05, 4.69) is 17.0 Å². The van der Waals surface area contributed by atoms with Crippen LogP contribution >= 0.6 is 12.4 Å². The fraction of sp³-hybridized carbons (Fsp3) is 0.538. The van der Waals surface area contributed by atoms with E-state index in [0.717, 1.165) is 38.4 Å². The van der Waals surface area contributed by atoms with Gasteiger partial charge in [-0.2, -0.15) is 0 Å². The minimum atomic E-state index is 0. The SMILES string of the molecule is CCOc1ccccc1CN1CCC(N)C1.Cl.